The third kappa shape index (κ3) is 3.42. The Morgan fingerprint density at radius 1 is 1.22 bits per heavy atom. The lowest BCUT2D eigenvalue weighted by Gasteiger charge is -2.13. The summed E-state index contributed by atoms with van der Waals surface area (Å²) in [4.78, 5) is 16.3. The molecule has 6 heteroatoms. The van der Waals surface area contributed by atoms with E-state index in [2.05, 4.69) is 10.1 Å². The number of carbonyl (C=O) groups is 1. The number of esters is 1. The van der Waals surface area contributed by atoms with Gasteiger partial charge in [-0.2, -0.15) is 5.10 Å². The van der Waals surface area contributed by atoms with E-state index in [9.17, 15) is 9.18 Å². The highest BCUT2D eigenvalue weighted by molar-refractivity contribution is 5.89. The maximum absolute atomic E-state index is 12.9. The number of halogens is 1. The van der Waals surface area contributed by atoms with Crippen molar-refractivity contribution in [2.45, 2.75) is 13.0 Å². The van der Waals surface area contributed by atoms with Crippen molar-refractivity contribution in [1.29, 1.82) is 0 Å². The zero-order chi connectivity index (χ0) is 16.2. The summed E-state index contributed by atoms with van der Waals surface area (Å²) in [5.74, 6) is -0.204. The highest BCUT2D eigenvalue weighted by Gasteiger charge is 2.14. The van der Waals surface area contributed by atoms with Crippen LogP contribution >= 0.6 is 0 Å². The maximum atomic E-state index is 12.9. The molecule has 0 fully saturated rings. The van der Waals surface area contributed by atoms with E-state index in [0.717, 1.165) is 5.56 Å². The Labute approximate surface area is 132 Å². The molecule has 5 nitrogen and oxygen atoms in total. The topological polar surface area (TPSA) is 57.0 Å². The normalized spacial score (nSPS) is 11.9. The molecule has 116 valence electrons. The molecule has 2 heterocycles. The number of rotatable bonds is 4. The first kappa shape index (κ1) is 14.9. The summed E-state index contributed by atoms with van der Waals surface area (Å²) in [6, 6.07) is 10.9. The van der Waals surface area contributed by atoms with Gasteiger partial charge in [-0.05, 0) is 42.8 Å². The van der Waals surface area contributed by atoms with Gasteiger partial charge in [-0.3, -0.25) is 0 Å². The van der Waals surface area contributed by atoms with Gasteiger partial charge in [0.15, 0.2) is 5.82 Å². The second kappa shape index (κ2) is 6.39. The van der Waals surface area contributed by atoms with Crippen LogP contribution < -0.4 is 0 Å². The van der Waals surface area contributed by atoms with E-state index in [-0.39, 0.29) is 5.82 Å². The monoisotopic (exact) mass is 311 g/mol. The van der Waals surface area contributed by atoms with E-state index in [4.69, 9.17) is 4.74 Å². The zero-order valence-corrected chi connectivity index (χ0v) is 12.4. The first-order valence-corrected chi connectivity index (χ1v) is 7.06. The van der Waals surface area contributed by atoms with Crippen LogP contribution in [0.4, 0.5) is 4.39 Å². The van der Waals surface area contributed by atoms with Crippen LogP contribution in [0.1, 0.15) is 28.9 Å². The first-order chi connectivity index (χ1) is 11.1. The van der Waals surface area contributed by atoms with Gasteiger partial charge in [0, 0.05) is 18.6 Å². The van der Waals surface area contributed by atoms with Crippen LogP contribution in [0, 0.1) is 5.82 Å². The molecule has 23 heavy (non-hydrogen) atoms. The van der Waals surface area contributed by atoms with Gasteiger partial charge >= 0.3 is 5.97 Å². The van der Waals surface area contributed by atoms with Crippen LogP contribution in [-0.4, -0.2) is 20.7 Å². The van der Waals surface area contributed by atoms with Gasteiger partial charge in [0.1, 0.15) is 11.9 Å². The minimum absolute atomic E-state index is 0.328. The summed E-state index contributed by atoms with van der Waals surface area (Å²) in [7, 11) is 0. The molecule has 3 rings (SSSR count). The van der Waals surface area contributed by atoms with Crippen molar-refractivity contribution in [3.05, 3.63) is 78.0 Å². The van der Waals surface area contributed by atoms with E-state index in [1.807, 2.05) is 0 Å². The van der Waals surface area contributed by atoms with Crippen LogP contribution in [0.15, 0.2) is 61.1 Å². The molecule has 3 aromatic rings. The quantitative estimate of drug-likeness (QED) is 0.694. The fourth-order valence-electron chi connectivity index (χ4n) is 2.08. The predicted octanol–water partition coefficient (Wildman–Crippen LogP) is 3.32. The summed E-state index contributed by atoms with van der Waals surface area (Å²) in [5, 5.41) is 4.06. The molecular formula is C17H14FN3O2. The summed E-state index contributed by atoms with van der Waals surface area (Å²) < 4.78 is 19.9. The fraction of sp³-hybridized carbons (Fsp3) is 0.118. The average Bonchev–Trinajstić information content (AvgIpc) is 3.10. The van der Waals surface area contributed by atoms with Gasteiger partial charge in [0.25, 0.3) is 0 Å². The molecule has 2 aromatic heterocycles. The van der Waals surface area contributed by atoms with Crippen LogP contribution in [0.25, 0.3) is 5.82 Å². The van der Waals surface area contributed by atoms with Crippen molar-refractivity contribution < 1.29 is 13.9 Å². The van der Waals surface area contributed by atoms with Gasteiger partial charge in [-0.1, -0.05) is 12.1 Å². The molecule has 1 unspecified atom stereocenters. The summed E-state index contributed by atoms with van der Waals surface area (Å²) in [6.45, 7) is 1.73. The Bertz CT molecular complexity index is 784. The number of hydrogen-bond acceptors (Lipinski definition) is 4. The molecule has 0 saturated carbocycles. The van der Waals surface area contributed by atoms with Crippen molar-refractivity contribution in [2.24, 2.45) is 0 Å². The van der Waals surface area contributed by atoms with Crippen LogP contribution in [-0.2, 0) is 4.74 Å². The second-order valence-electron chi connectivity index (χ2n) is 4.95. The van der Waals surface area contributed by atoms with Crippen LogP contribution in [0.5, 0.6) is 0 Å². The van der Waals surface area contributed by atoms with E-state index in [1.165, 1.54) is 18.3 Å². The van der Waals surface area contributed by atoms with Crippen LogP contribution in [0.3, 0.4) is 0 Å². The van der Waals surface area contributed by atoms with Gasteiger partial charge in [0.05, 0.1) is 5.56 Å². The van der Waals surface area contributed by atoms with Gasteiger partial charge in [-0.15, -0.1) is 0 Å². The number of carbonyl (C=O) groups excluding carboxylic acids is 1. The molecular weight excluding hydrogens is 297 g/mol. The van der Waals surface area contributed by atoms with Crippen molar-refractivity contribution in [3.63, 3.8) is 0 Å². The van der Waals surface area contributed by atoms with Crippen molar-refractivity contribution in [3.8, 4) is 5.82 Å². The highest BCUT2D eigenvalue weighted by Crippen LogP contribution is 2.19. The Morgan fingerprint density at radius 3 is 2.61 bits per heavy atom. The molecule has 1 aromatic carbocycles. The predicted molar refractivity (Wildman–Crippen MR) is 81.6 cm³/mol. The Balaban J connectivity index is 1.69. The Morgan fingerprint density at radius 2 is 2.00 bits per heavy atom. The molecule has 0 aliphatic rings. The second-order valence-corrected chi connectivity index (χ2v) is 4.95. The largest absolute Gasteiger partial charge is 0.454 e. The van der Waals surface area contributed by atoms with E-state index in [0.29, 0.717) is 11.4 Å². The lowest BCUT2D eigenvalue weighted by atomic mass is 10.1. The lowest BCUT2D eigenvalue weighted by Crippen LogP contribution is -2.10. The summed E-state index contributed by atoms with van der Waals surface area (Å²) in [5.41, 5.74) is 1.07. The molecule has 0 saturated heterocycles. The molecule has 0 aliphatic heterocycles. The minimum atomic E-state index is -0.485. The number of aromatic nitrogens is 3. The molecule has 0 amide bonds. The molecule has 0 N–H and O–H groups in total. The highest BCUT2D eigenvalue weighted by atomic mass is 19.1. The number of pyridine rings is 1. The minimum Gasteiger partial charge on any atom is -0.454 e. The number of benzene rings is 1. The summed E-state index contributed by atoms with van der Waals surface area (Å²) in [6.07, 6.45) is 4.37. The SMILES string of the molecule is CC(OC(=O)c1ccc(-n2cccn2)nc1)c1ccc(F)cc1. The Hall–Kier alpha value is -3.02. The molecule has 0 radical (unpaired) electrons. The zero-order valence-electron chi connectivity index (χ0n) is 12.4. The van der Waals surface area contributed by atoms with Crippen molar-refractivity contribution in [1.82, 2.24) is 14.8 Å². The third-order valence-corrected chi connectivity index (χ3v) is 3.35. The number of ether oxygens (including phenoxy) is 1. The number of nitrogens with zero attached hydrogens (tertiary/aromatic N) is 3. The lowest BCUT2D eigenvalue weighted by molar-refractivity contribution is 0.0337. The average molecular weight is 311 g/mol. The van der Waals surface area contributed by atoms with E-state index in [1.54, 1.807) is 54.3 Å². The van der Waals surface area contributed by atoms with Gasteiger partial charge in [-0.25, -0.2) is 18.9 Å². The number of hydrogen-bond donors (Lipinski definition) is 0. The van der Waals surface area contributed by atoms with Crippen molar-refractivity contribution >= 4 is 5.97 Å². The van der Waals surface area contributed by atoms with E-state index >= 15 is 0 Å². The summed E-state index contributed by atoms with van der Waals surface area (Å²) >= 11 is 0. The van der Waals surface area contributed by atoms with E-state index < -0.39 is 12.1 Å². The fourth-order valence-corrected chi connectivity index (χ4v) is 2.08. The Kier molecular flexibility index (Phi) is 4.14. The van der Waals surface area contributed by atoms with Gasteiger partial charge in [0.2, 0.25) is 0 Å². The standard InChI is InChI=1S/C17H14FN3O2/c1-12(13-3-6-15(18)7-4-13)23-17(22)14-5-8-16(19-11-14)21-10-2-9-20-21/h2-12H,1H3. The smallest absolute Gasteiger partial charge is 0.340 e. The van der Waals surface area contributed by atoms with Crippen LogP contribution in [0.2, 0.25) is 0 Å². The maximum Gasteiger partial charge on any atom is 0.340 e. The molecule has 0 bridgehead atoms. The van der Waals surface area contributed by atoms with Crippen molar-refractivity contribution in [2.75, 3.05) is 0 Å². The molecule has 1 atom stereocenters. The third-order valence-electron chi connectivity index (χ3n) is 3.35. The first-order valence-electron chi connectivity index (χ1n) is 7.06. The molecule has 0 aliphatic carbocycles. The molecule has 0 spiro atoms. The van der Waals surface area contributed by atoms with Gasteiger partial charge < -0.3 is 4.74 Å².